The van der Waals surface area contributed by atoms with Crippen molar-refractivity contribution in [1.29, 1.82) is 0 Å². The first-order chi connectivity index (χ1) is 16.4. The molecule has 0 aliphatic carbocycles. The Labute approximate surface area is 206 Å². The van der Waals surface area contributed by atoms with Crippen molar-refractivity contribution in [2.24, 2.45) is 7.05 Å². The first kappa shape index (κ1) is 23.6. The first-order valence-electron chi connectivity index (χ1n) is 11.9. The van der Waals surface area contributed by atoms with Gasteiger partial charge in [-0.05, 0) is 63.6 Å². The number of rotatable bonds is 2. The fourth-order valence-electron chi connectivity index (χ4n) is 5.15. The molecule has 7 nitrogen and oxygen atoms in total. The van der Waals surface area contributed by atoms with E-state index in [9.17, 15) is 13.2 Å². The van der Waals surface area contributed by atoms with Crippen LogP contribution in [0.3, 0.4) is 0 Å². The molecular formula is C27H31N3O4S. The van der Waals surface area contributed by atoms with E-state index in [0.29, 0.717) is 37.1 Å². The van der Waals surface area contributed by atoms with Crippen LogP contribution in [-0.4, -0.2) is 46.8 Å². The van der Waals surface area contributed by atoms with Crippen LogP contribution in [0.5, 0.6) is 5.75 Å². The van der Waals surface area contributed by atoms with Gasteiger partial charge in [0, 0.05) is 49.7 Å². The number of aryl methyl sites for hydroxylation is 2. The number of sulfone groups is 1. The predicted molar refractivity (Wildman–Crippen MR) is 134 cm³/mol. The average Bonchev–Trinajstić information content (AvgIpc) is 3.21. The molecule has 0 atom stereocenters. The standard InChI is InChI=1S/C27H31N3O4S/c1-18-16-19(10-11-23(18)35(32,33)26(2,3)4)25(31)30-14-12-27(13-15-30)21-17-28-29(5)24(21)20-8-6-7-9-22(20)34-27/h6-11,16-17H,12-15H2,1-5H3. The van der Waals surface area contributed by atoms with Gasteiger partial charge in [0.05, 0.1) is 21.5 Å². The van der Waals surface area contributed by atoms with Crippen molar-refractivity contribution >= 4 is 15.7 Å². The topological polar surface area (TPSA) is 81.5 Å². The lowest BCUT2D eigenvalue weighted by atomic mass is 9.81. The lowest BCUT2D eigenvalue weighted by Crippen LogP contribution is -2.49. The summed E-state index contributed by atoms with van der Waals surface area (Å²) in [4.78, 5) is 15.5. The van der Waals surface area contributed by atoms with Gasteiger partial charge in [0.25, 0.3) is 5.91 Å². The molecule has 1 spiro atoms. The Morgan fingerprint density at radius 3 is 2.43 bits per heavy atom. The van der Waals surface area contributed by atoms with E-state index < -0.39 is 20.2 Å². The van der Waals surface area contributed by atoms with Gasteiger partial charge >= 0.3 is 0 Å². The molecule has 1 saturated heterocycles. The lowest BCUT2D eigenvalue weighted by Gasteiger charge is -2.44. The summed E-state index contributed by atoms with van der Waals surface area (Å²) in [7, 11) is -1.55. The maximum absolute atomic E-state index is 13.3. The van der Waals surface area contributed by atoms with E-state index in [1.54, 1.807) is 45.9 Å². The summed E-state index contributed by atoms with van der Waals surface area (Å²) in [6, 6.07) is 12.9. The van der Waals surface area contributed by atoms with Crippen LogP contribution in [-0.2, 0) is 22.5 Å². The first-order valence-corrected chi connectivity index (χ1v) is 13.4. The van der Waals surface area contributed by atoms with Gasteiger partial charge in [-0.25, -0.2) is 8.42 Å². The third-order valence-electron chi connectivity index (χ3n) is 7.25. The zero-order valence-corrected chi connectivity index (χ0v) is 21.6. The number of likely N-dealkylation sites (tertiary alicyclic amines) is 1. The van der Waals surface area contributed by atoms with Crippen molar-refractivity contribution in [3.8, 4) is 17.0 Å². The molecule has 2 aliphatic heterocycles. The van der Waals surface area contributed by atoms with Crippen LogP contribution in [0, 0.1) is 6.92 Å². The van der Waals surface area contributed by atoms with Gasteiger partial charge < -0.3 is 9.64 Å². The number of amides is 1. The minimum absolute atomic E-state index is 0.0923. The predicted octanol–water partition coefficient (Wildman–Crippen LogP) is 4.49. The molecular weight excluding hydrogens is 462 g/mol. The van der Waals surface area contributed by atoms with Crippen LogP contribution in [0.1, 0.15) is 55.1 Å². The van der Waals surface area contributed by atoms with Crippen molar-refractivity contribution in [1.82, 2.24) is 14.7 Å². The van der Waals surface area contributed by atoms with Crippen LogP contribution >= 0.6 is 0 Å². The molecule has 184 valence electrons. The number of piperidine rings is 1. The van der Waals surface area contributed by atoms with Gasteiger partial charge in [-0.3, -0.25) is 9.48 Å². The Kier molecular flexibility index (Phi) is 5.36. The largest absolute Gasteiger partial charge is 0.482 e. The van der Waals surface area contributed by atoms with E-state index in [2.05, 4.69) is 5.10 Å². The Hall–Kier alpha value is -3.13. The monoisotopic (exact) mass is 493 g/mol. The average molecular weight is 494 g/mol. The van der Waals surface area contributed by atoms with Crippen molar-refractivity contribution in [2.75, 3.05) is 13.1 Å². The Balaban J connectivity index is 1.38. The number of benzene rings is 2. The highest BCUT2D eigenvalue weighted by Crippen LogP contribution is 2.49. The van der Waals surface area contributed by atoms with Crippen molar-refractivity contribution in [2.45, 2.75) is 55.8 Å². The Morgan fingerprint density at radius 2 is 1.77 bits per heavy atom. The number of nitrogens with zero attached hydrogens (tertiary/aromatic N) is 3. The molecule has 3 heterocycles. The lowest BCUT2D eigenvalue weighted by molar-refractivity contribution is -0.00173. The quantitative estimate of drug-likeness (QED) is 0.525. The number of ether oxygens (including phenoxy) is 1. The highest BCUT2D eigenvalue weighted by atomic mass is 32.2. The van der Waals surface area contributed by atoms with Gasteiger partial charge in [-0.2, -0.15) is 5.10 Å². The molecule has 0 radical (unpaired) electrons. The number of hydrogen-bond acceptors (Lipinski definition) is 5. The summed E-state index contributed by atoms with van der Waals surface area (Å²) in [6.07, 6.45) is 3.20. The van der Waals surface area contributed by atoms with E-state index in [-0.39, 0.29) is 10.8 Å². The summed E-state index contributed by atoms with van der Waals surface area (Å²) < 4.78 is 33.4. The zero-order valence-electron chi connectivity index (χ0n) is 20.8. The normalized spacial score (nSPS) is 17.0. The number of para-hydroxylation sites is 1. The summed E-state index contributed by atoms with van der Waals surface area (Å²) in [6.45, 7) is 7.88. The molecule has 0 bridgehead atoms. The van der Waals surface area contributed by atoms with Crippen LogP contribution in [0.4, 0.5) is 0 Å². The highest BCUT2D eigenvalue weighted by Gasteiger charge is 2.46. The second kappa shape index (κ2) is 7.95. The molecule has 5 rings (SSSR count). The molecule has 0 unspecified atom stereocenters. The van der Waals surface area contributed by atoms with Gasteiger partial charge in [0.1, 0.15) is 11.4 Å². The molecule has 1 fully saturated rings. The summed E-state index contributed by atoms with van der Waals surface area (Å²) in [5.74, 6) is 0.750. The molecule has 8 heteroatoms. The Bertz CT molecular complexity index is 1420. The van der Waals surface area contributed by atoms with Crippen LogP contribution < -0.4 is 4.74 Å². The van der Waals surface area contributed by atoms with E-state index in [1.807, 2.05) is 47.1 Å². The van der Waals surface area contributed by atoms with Gasteiger partial charge in [-0.15, -0.1) is 0 Å². The molecule has 2 aromatic carbocycles. The fraction of sp³-hybridized carbons (Fsp3) is 0.407. The minimum Gasteiger partial charge on any atom is -0.482 e. The summed E-state index contributed by atoms with van der Waals surface area (Å²) in [5.41, 5.74) is 3.74. The fourth-order valence-corrected chi connectivity index (χ4v) is 6.54. The maximum atomic E-state index is 13.3. The second-order valence-corrected chi connectivity index (χ2v) is 13.2. The highest BCUT2D eigenvalue weighted by molar-refractivity contribution is 7.92. The number of carbonyl (C=O) groups excluding carboxylic acids is 1. The zero-order chi connectivity index (χ0) is 25.2. The molecule has 1 amide bonds. The number of fused-ring (bicyclic) bond motifs is 4. The Morgan fingerprint density at radius 1 is 1.09 bits per heavy atom. The van der Waals surface area contributed by atoms with Gasteiger partial charge in [0.2, 0.25) is 0 Å². The SMILES string of the molecule is Cc1cc(C(=O)N2CCC3(CC2)Oc2ccccc2-c2c3cnn2C)ccc1S(=O)(=O)C(C)(C)C. The van der Waals surface area contributed by atoms with Crippen molar-refractivity contribution in [3.63, 3.8) is 0 Å². The second-order valence-electron chi connectivity index (χ2n) is 10.5. The molecule has 3 aromatic rings. The minimum atomic E-state index is -3.49. The molecule has 2 aliphatic rings. The van der Waals surface area contributed by atoms with E-state index in [0.717, 1.165) is 22.6 Å². The molecule has 35 heavy (non-hydrogen) atoms. The molecule has 0 saturated carbocycles. The van der Waals surface area contributed by atoms with Crippen LogP contribution in [0.25, 0.3) is 11.3 Å². The van der Waals surface area contributed by atoms with Crippen LogP contribution in [0.2, 0.25) is 0 Å². The number of carbonyl (C=O) groups is 1. The van der Waals surface area contributed by atoms with E-state index >= 15 is 0 Å². The number of aromatic nitrogens is 2. The van der Waals surface area contributed by atoms with Gasteiger partial charge in [-0.1, -0.05) is 12.1 Å². The third-order valence-corrected chi connectivity index (χ3v) is 9.90. The summed E-state index contributed by atoms with van der Waals surface area (Å²) in [5, 5.41) is 4.51. The van der Waals surface area contributed by atoms with Crippen molar-refractivity contribution in [3.05, 3.63) is 65.4 Å². The number of hydrogen-bond donors (Lipinski definition) is 0. The molecule has 0 N–H and O–H groups in total. The smallest absolute Gasteiger partial charge is 0.253 e. The van der Waals surface area contributed by atoms with Gasteiger partial charge in [0.15, 0.2) is 9.84 Å². The molecule has 1 aromatic heterocycles. The van der Waals surface area contributed by atoms with E-state index in [1.165, 1.54) is 0 Å². The van der Waals surface area contributed by atoms with E-state index in [4.69, 9.17) is 4.74 Å². The third kappa shape index (κ3) is 3.66. The summed E-state index contributed by atoms with van der Waals surface area (Å²) >= 11 is 0. The maximum Gasteiger partial charge on any atom is 0.253 e. The van der Waals surface area contributed by atoms with Crippen LogP contribution in [0.15, 0.2) is 53.6 Å². The van der Waals surface area contributed by atoms with Crippen molar-refractivity contribution < 1.29 is 17.9 Å².